The van der Waals surface area contributed by atoms with E-state index in [0.29, 0.717) is 25.1 Å². The Labute approximate surface area is 126 Å². The van der Waals surface area contributed by atoms with Gasteiger partial charge in [-0.3, -0.25) is 9.59 Å². The third kappa shape index (κ3) is 6.04. The lowest BCUT2D eigenvalue weighted by atomic mass is 10.1. The molecular weight excluding hydrogens is 278 g/mol. The van der Waals surface area contributed by atoms with E-state index < -0.39 is 0 Å². The molecule has 0 aliphatic heterocycles. The molecule has 0 heterocycles. The van der Waals surface area contributed by atoms with Crippen LogP contribution in [0.5, 0.6) is 0 Å². The number of benzene rings is 1. The molecule has 0 saturated heterocycles. The summed E-state index contributed by atoms with van der Waals surface area (Å²) in [6, 6.07) is 7.30. The minimum absolute atomic E-state index is 0. The molecule has 0 unspecified atom stereocenters. The average molecular weight is 300 g/mol. The predicted octanol–water partition coefficient (Wildman–Crippen LogP) is 1.04. The first-order valence-corrected chi connectivity index (χ1v) is 6.26. The van der Waals surface area contributed by atoms with Crippen molar-refractivity contribution in [3.05, 3.63) is 35.4 Å². The number of nitrogens with zero attached hydrogens (tertiary/aromatic N) is 1. The Morgan fingerprint density at radius 2 is 1.95 bits per heavy atom. The zero-order chi connectivity index (χ0) is 14.3. The molecule has 0 aromatic heterocycles. The third-order valence-corrected chi connectivity index (χ3v) is 2.67. The third-order valence-electron chi connectivity index (χ3n) is 2.67. The monoisotopic (exact) mass is 299 g/mol. The van der Waals surface area contributed by atoms with Crippen molar-refractivity contribution < 1.29 is 9.59 Å². The van der Waals surface area contributed by atoms with Crippen LogP contribution in [-0.2, 0) is 11.3 Å². The summed E-state index contributed by atoms with van der Waals surface area (Å²) in [5, 5.41) is 5.75. The first-order chi connectivity index (χ1) is 9.04. The van der Waals surface area contributed by atoms with Gasteiger partial charge in [0.25, 0.3) is 5.91 Å². The molecule has 5 nitrogen and oxygen atoms in total. The van der Waals surface area contributed by atoms with Crippen molar-refractivity contribution in [3.8, 4) is 0 Å². The molecule has 0 spiro atoms. The van der Waals surface area contributed by atoms with E-state index in [1.807, 2.05) is 19.2 Å². The van der Waals surface area contributed by atoms with E-state index in [1.165, 1.54) is 4.90 Å². The molecule has 2 N–H and O–H groups in total. The van der Waals surface area contributed by atoms with Crippen LogP contribution in [0.1, 0.15) is 22.3 Å². The van der Waals surface area contributed by atoms with E-state index in [-0.39, 0.29) is 24.2 Å². The highest BCUT2D eigenvalue weighted by Gasteiger charge is 2.08. The number of amides is 2. The molecule has 0 bridgehead atoms. The lowest BCUT2D eigenvalue weighted by molar-refractivity contribution is -0.121. The normalized spacial score (nSPS) is 9.55. The van der Waals surface area contributed by atoms with Crippen LogP contribution in [0, 0.1) is 0 Å². The Morgan fingerprint density at radius 1 is 1.25 bits per heavy atom. The lowest BCUT2D eigenvalue weighted by Gasteiger charge is -2.11. The number of hydrogen-bond donors (Lipinski definition) is 2. The SMILES string of the molecule is CNCCC(=O)NCc1cccc(C(=O)N(C)C)c1.Cl. The largest absolute Gasteiger partial charge is 0.352 e. The summed E-state index contributed by atoms with van der Waals surface area (Å²) in [5.74, 6) is -0.0398. The second-order valence-electron chi connectivity index (χ2n) is 4.53. The molecule has 0 radical (unpaired) electrons. The van der Waals surface area contributed by atoms with Crippen LogP contribution in [0.4, 0.5) is 0 Å². The van der Waals surface area contributed by atoms with Crippen molar-refractivity contribution in [1.29, 1.82) is 0 Å². The van der Waals surface area contributed by atoms with Crippen molar-refractivity contribution in [1.82, 2.24) is 15.5 Å². The maximum Gasteiger partial charge on any atom is 0.253 e. The Kier molecular flexibility index (Phi) is 8.59. The average Bonchev–Trinajstić information content (AvgIpc) is 2.42. The summed E-state index contributed by atoms with van der Waals surface area (Å²) in [6.07, 6.45) is 0.451. The van der Waals surface area contributed by atoms with E-state index in [4.69, 9.17) is 0 Å². The van der Waals surface area contributed by atoms with Crippen molar-refractivity contribution in [2.45, 2.75) is 13.0 Å². The highest BCUT2D eigenvalue weighted by molar-refractivity contribution is 5.94. The van der Waals surface area contributed by atoms with Gasteiger partial charge >= 0.3 is 0 Å². The number of nitrogens with one attached hydrogen (secondary N) is 2. The van der Waals surface area contributed by atoms with Crippen molar-refractivity contribution in [2.75, 3.05) is 27.7 Å². The Balaban J connectivity index is 0.00000361. The van der Waals surface area contributed by atoms with E-state index in [0.717, 1.165) is 5.56 Å². The number of halogens is 1. The molecule has 1 aromatic carbocycles. The van der Waals surface area contributed by atoms with E-state index in [2.05, 4.69) is 10.6 Å². The van der Waals surface area contributed by atoms with Crippen LogP contribution in [0.2, 0.25) is 0 Å². The number of carbonyl (C=O) groups excluding carboxylic acids is 2. The first kappa shape index (κ1) is 18.4. The number of rotatable bonds is 6. The Morgan fingerprint density at radius 3 is 2.55 bits per heavy atom. The maximum atomic E-state index is 11.8. The summed E-state index contributed by atoms with van der Waals surface area (Å²) in [6.45, 7) is 1.10. The summed E-state index contributed by atoms with van der Waals surface area (Å²) >= 11 is 0. The molecule has 0 aliphatic carbocycles. The summed E-state index contributed by atoms with van der Waals surface area (Å²) in [5.41, 5.74) is 1.55. The van der Waals surface area contributed by atoms with Crippen LogP contribution >= 0.6 is 12.4 Å². The Bertz CT molecular complexity index is 450. The van der Waals surface area contributed by atoms with Crippen LogP contribution in [-0.4, -0.2) is 44.4 Å². The molecule has 20 heavy (non-hydrogen) atoms. The molecular formula is C14H22ClN3O2. The van der Waals surface area contributed by atoms with E-state index >= 15 is 0 Å². The molecule has 1 rings (SSSR count). The summed E-state index contributed by atoms with van der Waals surface area (Å²) < 4.78 is 0. The van der Waals surface area contributed by atoms with Crippen LogP contribution in [0.15, 0.2) is 24.3 Å². The fourth-order valence-corrected chi connectivity index (χ4v) is 1.60. The zero-order valence-electron chi connectivity index (χ0n) is 12.1. The van der Waals surface area contributed by atoms with Gasteiger partial charge in [0.1, 0.15) is 0 Å². The number of hydrogen-bond acceptors (Lipinski definition) is 3. The molecule has 0 saturated carbocycles. The molecule has 0 fully saturated rings. The van der Waals surface area contributed by atoms with Crippen molar-refractivity contribution >= 4 is 24.2 Å². The second kappa shape index (κ2) is 9.34. The second-order valence-corrected chi connectivity index (χ2v) is 4.53. The molecule has 0 atom stereocenters. The Hall–Kier alpha value is -1.59. The summed E-state index contributed by atoms with van der Waals surface area (Å²) in [4.78, 5) is 24.8. The maximum absolute atomic E-state index is 11.8. The standard InChI is InChI=1S/C14H21N3O2.ClH/c1-15-8-7-13(18)16-10-11-5-4-6-12(9-11)14(19)17(2)3;/h4-6,9,15H,7-8,10H2,1-3H3,(H,16,18);1H. The number of carbonyl (C=O) groups is 2. The fraction of sp³-hybridized carbons (Fsp3) is 0.429. The lowest BCUT2D eigenvalue weighted by Crippen LogP contribution is -2.26. The minimum atomic E-state index is -0.0386. The molecule has 1 aromatic rings. The van der Waals surface area contributed by atoms with Crippen LogP contribution in [0.3, 0.4) is 0 Å². The van der Waals surface area contributed by atoms with Gasteiger partial charge in [-0.05, 0) is 24.7 Å². The fourth-order valence-electron chi connectivity index (χ4n) is 1.60. The molecule has 0 aliphatic rings. The van der Waals surface area contributed by atoms with Crippen molar-refractivity contribution in [3.63, 3.8) is 0 Å². The quantitative estimate of drug-likeness (QED) is 0.825. The molecule has 2 amide bonds. The van der Waals surface area contributed by atoms with Gasteiger partial charge in [-0.25, -0.2) is 0 Å². The molecule has 112 valence electrons. The smallest absolute Gasteiger partial charge is 0.253 e. The van der Waals surface area contributed by atoms with Crippen LogP contribution in [0.25, 0.3) is 0 Å². The highest BCUT2D eigenvalue weighted by atomic mass is 35.5. The van der Waals surface area contributed by atoms with E-state index in [1.54, 1.807) is 26.2 Å². The van der Waals surface area contributed by atoms with Gasteiger partial charge in [0.05, 0.1) is 0 Å². The minimum Gasteiger partial charge on any atom is -0.352 e. The van der Waals surface area contributed by atoms with Gasteiger partial charge in [-0.1, -0.05) is 12.1 Å². The van der Waals surface area contributed by atoms with E-state index in [9.17, 15) is 9.59 Å². The van der Waals surface area contributed by atoms with Gasteiger partial charge in [0.2, 0.25) is 5.91 Å². The van der Waals surface area contributed by atoms with Gasteiger partial charge in [0.15, 0.2) is 0 Å². The van der Waals surface area contributed by atoms with Gasteiger partial charge < -0.3 is 15.5 Å². The topological polar surface area (TPSA) is 61.4 Å². The van der Waals surface area contributed by atoms with Gasteiger partial charge in [-0.2, -0.15) is 0 Å². The highest BCUT2D eigenvalue weighted by Crippen LogP contribution is 2.07. The van der Waals surface area contributed by atoms with Crippen LogP contribution < -0.4 is 10.6 Å². The van der Waals surface area contributed by atoms with Crippen molar-refractivity contribution in [2.24, 2.45) is 0 Å². The molecule has 6 heteroatoms. The van der Waals surface area contributed by atoms with Gasteiger partial charge in [0, 0.05) is 39.2 Å². The summed E-state index contributed by atoms with van der Waals surface area (Å²) in [7, 11) is 5.24. The zero-order valence-corrected chi connectivity index (χ0v) is 12.9. The van der Waals surface area contributed by atoms with Gasteiger partial charge in [-0.15, -0.1) is 12.4 Å². The predicted molar refractivity (Wildman–Crippen MR) is 82.1 cm³/mol. The first-order valence-electron chi connectivity index (χ1n) is 6.26.